The molecule has 0 spiro atoms. The number of nitrogens with one attached hydrogen (secondary N) is 1. The summed E-state index contributed by atoms with van der Waals surface area (Å²) in [5.41, 5.74) is 3.20. The molecular weight excluding hydrogens is 377 g/mol. The molecule has 0 saturated carbocycles. The average molecular weight is 399 g/mol. The molecule has 0 radical (unpaired) electrons. The lowest BCUT2D eigenvalue weighted by atomic mass is 10.2. The van der Waals surface area contributed by atoms with Crippen LogP contribution in [0.15, 0.2) is 6.20 Å². The number of anilines is 1. The van der Waals surface area contributed by atoms with Gasteiger partial charge in [-0.05, 0) is 42.4 Å². The lowest BCUT2D eigenvalue weighted by Gasteiger charge is -2.11. The summed E-state index contributed by atoms with van der Waals surface area (Å²) in [4.78, 5) is 9.50. The van der Waals surface area contributed by atoms with E-state index in [1.165, 1.54) is 0 Å². The summed E-state index contributed by atoms with van der Waals surface area (Å²) in [5.74, 6) is 1.71. The molecule has 2 aromatic rings. The fourth-order valence-electron chi connectivity index (χ4n) is 2.28. The average Bonchev–Trinajstić information content (AvgIpc) is 2.84. The van der Waals surface area contributed by atoms with Crippen molar-refractivity contribution in [3.05, 3.63) is 21.2 Å². The Morgan fingerprint density at radius 2 is 1.95 bits per heavy atom. The van der Waals surface area contributed by atoms with Gasteiger partial charge in [0.1, 0.15) is 5.82 Å². The zero-order valence-electron chi connectivity index (χ0n) is 13.1. The number of hydrogen-bond acceptors (Lipinski definition) is 4. The van der Waals surface area contributed by atoms with Crippen LogP contribution in [0.1, 0.15) is 38.6 Å². The zero-order chi connectivity index (χ0) is 15.4. The van der Waals surface area contributed by atoms with E-state index in [0.717, 1.165) is 58.0 Å². The molecule has 6 heteroatoms. The molecule has 0 saturated heterocycles. The Labute approximate surface area is 139 Å². The Morgan fingerprint density at radius 3 is 2.57 bits per heavy atom. The Balaban J connectivity index is 2.56. The van der Waals surface area contributed by atoms with E-state index in [2.05, 4.69) is 53.8 Å². The van der Waals surface area contributed by atoms with Crippen LogP contribution < -0.4 is 5.32 Å². The fraction of sp³-hybridized carbons (Fsp3) is 0.533. The maximum atomic E-state index is 4.79. The minimum atomic E-state index is 0.778. The summed E-state index contributed by atoms with van der Waals surface area (Å²) in [6, 6.07) is 0. The predicted molar refractivity (Wildman–Crippen MR) is 94.5 cm³/mol. The van der Waals surface area contributed by atoms with Gasteiger partial charge in [-0.1, -0.05) is 20.3 Å². The lowest BCUT2D eigenvalue weighted by Crippen LogP contribution is -2.08. The van der Waals surface area contributed by atoms with Crippen molar-refractivity contribution < 1.29 is 0 Å². The Hall–Kier alpha value is -1.18. The third-order valence-electron chi connectivity index (χ3n) is 3.23. The van der Waals surface area contributed by atoms with Crippen LogP contribution in [0.5, 0.6) is 0 Å². The van der Waals surface area contributed by atoms with E-state index in [4.69, 9.17) is 9.97 Å². The molecule has 0 amide bonds. The molecule has 0 bridgehead atoms. The van der Waals surface area contributed by atoms with Crippen LogP contribution in [0.2, 0.25) is 0 Å². The first kappa shape index (κ1) is 16.2. The zero-order valence-corrected chi connectivity index (χ0v) is 15.2. The molecule has 0 atom stereocenters. The van der Waals surface area contributed by atoms with Gasteiger partial charge in [0.25, 0.3) is 0 Å². The second kappa shape index (κ2) is 7.20. The van der Waals surface area contributed by atoms with Crippen molar-refractivity contribution in [3.8, 4) is 11.4 Å². The van der Waals surface area contributed by atoms with E-state index in [-0.39, 0.29) is 0 Å². The van der Waals surface area contributed by atoms with E-state index in [1.807, 2.05) is 17.9 Å². The number of rotatable bonds is 6. The van der Waals surface area contributed by atoms with Crippen LogP contribution >= 0.6 is 22.6 Å². The van der Waals surface area contributed by atoms with Gasteiger partial charge < -0.3 is 5.32 Å². The number of hydrogen-bond donors (Lipinski definition) is 1. The third kappa shape index (κ3) is 3.53. The van der Waals surface area contributed by atoms with Crippen molar-refractivity contribution in [3.63, 3.8) is 0 Å². The standard InChI is InChI=1S/C15H22IN5/c1-5-8-12-13(16)15(17-7-3)19-14(18-12)10-9-21(4)20-11(10)6-2/h9H,5-8H2,1-4H3,(H,17,18,19). The predicted octanol–water partition coefficient (Wildman–Crippen LogP) is 3.43. The highest BCUT2D eigenvalue weighted by atomic mass is 127. The minimum absolute atomic E-state index is 0.778. The molecule has 114 valence electrons. The van der Waals surface area contributed by atoms with Gasteiger partial charge in [-0.15, -0.1) is 0 Å². The highest BCUT2D eigenvalue weighted by Gasteiger charge is 2.16. The summed E-state index contributed by atoms with van der Waals surface area (Å²) in [6.45, 7) is 7.22. The maximum Gasteiger partial charge on any atom is 0.165 e. The van der Waals surface area contributed by atoms with E-state index < -0.39 is 0 Å². The number of nitrogens with zero attached hydrogens (tertiary/aromatic N) is 4. The van der Waals surface area contributed by atoms with Crippen LogP contribution in [0.25, 0.3) is 11.4 Å². The SMILES string of the molecule is CCCc1nc(-c2cn(C)nc2CC)nc(NCC)c1I. The highest BCUT2D eigenvalue weighted by molar-refractivity contribution is 14.1. The second-order valence-corrected chi connectivity index (χ2v) is 6.03. The van der Waals surface area contributed by atoms with Crippen molar-refractivity contribution in [2.45, 2.75) is 40.0 Å². The third-order valence-corrected chi connectivity index (χ3v) is 4.37. The fourth-order valence-corrected chi connectivity index (χ4v) is 2.99. The van der Waals surface area contributed by atoms with Crippen LogP contribution in [-0.4, -0.2) is 26.3 Å². The summed E-state index contributed by atoms with van der Waals surface area (Å²) in [7, 11) is 1.94. The molecule has 0 unspecified atom stereocenters. The molecular formula is C15H22IN5. The first-order valence-electron chi connectivity index (χ1n) is 7.43. The monoisotopic (exact) mass is 399 g/mol. The van der Waals surface area contributed by atoms with Crippen molar-refractivity contribution in [2.24, 2.45) is 7.05 Å². The Bertz CT molecular complexity index is 594. The van der Waals surface area contributed by atoms with Gasteiger partial charge >= 0.3 is 0 Å². The Morgan fingerprint density at radius 1 is 1.19 bits per heavy atom. The summed E-state index contributed by atoms with van der Waals surface area (Å²) in [5, 5.41) is 7.84. The first-order valence-corrected chi connectivity index (χ1v) is 8.51. The number of halogens is 1. The second-order valence-electron chi connectivity index (χ2n) is 4.95. The van der Waals surface area contributed by atoms with E-state index in [9.17, 15) is 0 Å². The van der Waals surface area contributed by atoms with Crippen molar-refractivity contribution in [1.29, 1.82) is 0 Å². The van der Waals surface area contributed by atoms with Gasteiger partial charge in [-0.2, -0.15) is 5.10 Å². The van der Waals surface area contributed by atoms with Crippen LogP contribution in [-0.2, 0) is 19.9 Å². The first-order chi connectivity index (χ1) is 10.1. The normalized spacial score (nSPS) is 10.9. The van der Waals surface area contributed by atoms with Crippen LogP contribution in [0.4, 0.5) is 5.82 Å². The molecule has 0 aromatic carbocycles. The topological polar surface area (TPSA) is 55.6 Å². The van der Waals surface area contributed by atoms with Crippen LogP contribution in [0, 0.1) is 3.57 Å². The molecule has 0 aliphatic heterocycles. The van der Waals surface area contributed by atoms with Gasteiger partial charge in [0.05, 0.1) is 20.5 Å². The van der Waals surface area contributed by atoms with Crippen molar-refractivity contribution >= 4 is 28.4 Å². The molecule has 2 aromatic heterocycles. The number of aryl methyl sites for hydroxylation is 3. The molecule has 0 aliphatic carbocycles. The summed E-state index contributed by atoms with van der Waals surface area (Å²) < 4.78 is 2.96. The van der Waals surface area contributed by atoms with Gasteiger partial charge in [0.15, 0.2) is 5.82 Å². The molecule has 5 nitrogen and oxygen atoms in total. The van der Waals surface area contributed by atoms with Crippen molar-refractivity contribution in [1.82, 2.24) is 19.7 Å². The van der Waals surface area contributed by atoms with Crippen molar-refractivity contribution in [2.75, 3.05) is 11.9 Å². The molecule has 21 heavy (non-hydrogen) atoms. The van der Waals surface area contributed by atoms with E-state index in [0.29, 0.717) is 0 Å². The van der Waals surface area contributed by atoms with Gasteiger partial charge in [0.2, 0.25) is 0 Å². The molecule has 2 heterocycles. The van der Waals surface area contributed by atoms with Gasteiger partial charge in [-0.3, -0.25) is 4.68 Å². The molecule has 1 N–H and O–H groups in total. The van der Waals surface area contributed by atoms with E-state index >= 15 is 0 Å². The lowest BCUT2D eigenvalue weighted by molar-refractivity contribution is 0.746. The van der Waals surface area contributed by atoms with Gasteiger partial charge in [0, 0.05) is 19.8 Å². The minimum Gasteiger partial charge on any atom is -0.369 e. The molecule has 0 fully saturated rings. The van der Waals surface area contributed by atoms with Gasteiger partial charge in [-0.25, -0.2) is 9.97 Å². The number of aromatic nitrogens is 4. The maximum absolute atomic E-state index is 4.79. The summed E-state index contributed by atoms with van der Waals surface area (Å²) in [6.07, 6.45) is 4.93. The Kier molecular flexibility index (Phi) is 5.55. The molecule has 0 aliphatic rings. The molecule has 2 rings (SSSR count). The highest BCUT2D eigenvalue weighted by Crippen LogP contribution is 2.26. The van der Waals surface area contributed by atoms with Crippen LogP contribution in [0.3, 0.4) is 0 Å². The largest absolute Gasteiger partial charge is 0.369 e. The van der Waals surface area contributed by atoms with E-state index in [1.54, 1.807) is 0 Å². The smallest absolute Gasteiger partial charge is 0.165 e. The quantitative estimate of drug-likeness (QED) is 0.757. The summed E-state index contributed by atoms with van der Waals surface area (Å²) >= 11 is 2.34.